The van der Waals surface area contributed by atoms with Gasteiger partial charge in [-0.25, -0.2) is 9.59 Å². The number of carbonyl (C=O) groups excluding carboxylic acids is 2. The first-order valence-corrected chi connectivity index (χ1v) is 5.08. The van der Waals surface area contributed by atoms with E-state index in [2.05, 4.69) is 10.1 Å². The average Bonchev–Trinajstić information content (AvgIpc) is 2.64. The molecule has 82 valence electrons. The number of thiophene rings is 1. The summed E-state index contributed by atoms with van der Waals surface area (Å²) in [6.07, 6.45) is 0. The molecule has 0 unspecified atom stereocenters. The van der Waals surface area contributed by atoms with Crippen molar-refractivity contribution >= 4 is 28.3 Å². The van der Waals surface area contributed by atoms with E-state index >= 15 is 0 Å². The van der Waals surface area contributed by atoms with Gasteiger partial charge in [-0.15, -0.1) is 11.3 Å². The number of esters is 1. The number of hydrogen-bond acceptors (Lipinski definition) is 4. The summed E-state index contributed by atoms with van der Waals surface area (Å²) in [5.74, 6) is -0.453. The number of urea groups is 1. The predicted molar refractivity (Wildman–Crippen MR) is 58.4 cm³/mol. The maximum atomic E-state index is 11.3. The number of nitrogens with zero attached hydrogens (tertiary/aromatic N) is 1. The normalized spacial score (nSPS) is 9.53. The van der Waals surface area contributed by atoms with Crippen LogP contribution in [0.3, 0.4) is 0 Å². The predicted octanol–water partition coefficient (Wildman–Crippen LogP) is 1.63. The molecule has 1 aromatic rings. The van der Waals surface area contributed by atoms with Crippen LogP contribution in [0, 0.1) is 0 Å². The molecule has 0 aromatic carbocycles. The molecule has 0 spiro atoms. The fraction of sp³-hybridized carbons (Fsp3) is 0.333. The minimum absolute atomic E-state index is 0.275. The van der Waals surface area contributed by atoms with Crippen molar-refractivity contribution in [3.8, 4) is 0 Å². The van der Waals surface area contributed by atoms with E-state index in [1.165, 1.54) is 23.3 Å². The van der Waals surface area contributed by atoms with E-state index in [1.807, 2.05) is 0 Å². The van der Waals surface area contributed by atoms with Crippen molar-refractivity contribution in [1.82, 2.24) is 4.90 Å². The lowest BCUT2D eigenvalue weighted by molar-refractivity contribution is 0.0602. The van der Waals surface area contributed by atoms with E-state index < -0.39 is 5.97 Å². The van der Waals surface area contributed by atoms with Gasteiger partial charge in [0.05, 0.1) is 12.7 Å². The largest absolute Gasteiger partial charge is 0.465 e. The smallest absolute Gasteiger partial charge is 0.340 e. The summed E-state index contributed by atoms with van der Waals surface area (Å²) >= 11 is 1.28. The van der Waals surface area contributed by atoms with Crippen LogP contribution in [0.15, 0.2) is 11.4 Å². The Bertz CT molecular complexity index is 373. The molecule has 2 amide bonds. The first-order valence-electron chi connectivity index (χ1n) is 4.20. The highest BCUT2D eigenvalue weighted by molar-refractivity contribution is 7.14. The highest BCUT2D eigenvalue weighted by Crippen LogP contribution is 2.23. The molecule has 0 radical (unpaired) electrons. The highest BCUT2D eigenvalue weighted by atomic mass is 32.1. The molecule has 6 heteroatoms. The quantitative estimate of drug-likeness (QED) is 0.783. The third-order valence-corrected chi connectivity index (χ3v) is 2.53. The lowest BCUT2D eigenvalue weighted by Gasteiger charge is -2.11. The molecule has 15 heavy (non-hydrogen) atoms. The van der Waals surface area contributed by atoms with Crippen molar-refractivity contribution in [2.45, 2.75) is 0 Å². The maximum absolute atomic E-state index is 11.3. The third kappa shape index (κ3) is 2.69. The molecule has 5 nitrogen and oxygen atoms in total. The standard InChI is InChI=1S/C9H12N2O3S/c1-11(2)9(13)10-7-6(4-5-15-7)8(12)14-3/h4-5H,1-3H3,(H,10,13). The second-order valence-corrected chi connectivity index (χ2v) is 3.90. The molecule has 1 N–H and O–H groups in total. The Hall–Kier alpha value is -1.56. The number of ether oxygens (including phenoxy) is 1. The fourth-order valence-electron chi connectivity index (χ4n) is 0.886. The van der Waals surface area contributed by atoms with E-state index in [0.29, 0.717) is 10.6 Å². The SMILES string of the molecule is COC(=O)c1ccsc1NC(=O)N(C)C. The molecular weight excluding hydrogens is 216 g/mol. The van der Waals surface area contributed by atoms with Gasteiger partial charge in [0.2, 0.25) is 0 Å². The van der Waals surface area contributed by atoms with Gasteiger partial charge in [-0.05, 0) is 11.4 Å². The molecule has 1 aromatic heterocycles. The highest BCUT2D eigenvalue weighted by Gasteiger charge is 2.15. The van der Waals surface area contributed by atoms with Crippen LogP contribution in [0.4, 0.5) is 9.80 Å². The number of rotatable bonds is 2. The van der Waals surface area contributed by atoms with Crippen LogP contribution >= 0.6 is 11.3 Å². The first-order chi connectivity index (χ1) is 7.06. The number of amides is 2. The summed E-state index contributed by atoms with van der Waals surface area (Å²) in [5, 5.41) is 4.83. The van der Waals surface area contributed by atoms with Crippen LogP contribution < -0.4 is 5.32 Å². The number of methoxy groups -OCH3 is 1. The van der Waals surface area contributed by atoms with Gasteiger partial charge in [0.15, 0.2) is 0 Å². The summed E-state index contributed by atoms with van der Waals surface area (Å²) in [5.41, 5.74) is 0.373. The lowest BCUT2D eigenvalue weighted by Crippen LogP contribution is -2.27. The molecule has 0 atom stereocenters. The summed E-state index contributed by atoms with van der Waals surface area (Å²) in [6.45, 7) is 0. The van der Waals surface area contributed by atoms with Gasteiger partial charge in [0.25, 0.3) is 0 Å². The summed E-state index contributed by atoms with van der Waals surface area (Å²) in [7, 11) is 4.55. The third-order valence-electron chi connectivity index (χ3n) is 1.70. The van der Waals surface area contributed by atoms with Crippen LogP contribution in [0.1, 0.15) is 10.4 Å². The first kappa shape index (κ1) is 11.5. The van der Waals surface area contributed by atoms with Gasteiger partial charge >= 0.3 is 12.0 Å². The molecule has 0 aliphatic rings. The molecular formula is C9H12N2O3S. The van der Waals surface area contributed by atoms with E-state index in [1.54, 1.807) is 25.5 Å². The van der Waals surface area contributed by atoms with E-state index in [-0.39, 0.29) is 6.03 Å². The average molecular weight is 228 g/mol. The molecule has 1 heterocycles. The van der Waals surface area contributed by atoms with Crippen LogP contribution in [0.25, 0.3) is 0 Å². The number of anilines is 1. The Morgan fingerprint density at radius 2 is 2.13 bits per heavy atom. The summed E-state index contributed by atoms with van der Waals surface area (Å²) in [4.78, 5) is 24.0. The molecule has 0 bridgehead atoms. The second kappa shape index (κ2) is 4.79. The lowest BCUT2D eigenvalue weighted by atomic mass is 10.3. The molecule has 0 saturated heterocycles. The molecule has 0 fully saturated rings. The van der Waals surface area contributed by atoms with Crippen molar-refractivity contribution in [2.75, 3.05) is 26.5 Å². The molecule has 1 rings (SSSR count). The van der Waals surface area contributed by atoms with Crippen molar-refractivity contribution in [2.24, 2.45) is 0 Å². The molecule has 0 aliphatic carbocycles. The minimum Gasteiger partial charge on any atom is -0.465 e. The van der Waals surface area contributed by atoms with Crippen LogP contribution in [0.2, 0.25) is 0 Å². The van der Waals surface area contributed by atoms with Crippen LogP contribution in [0.5, 0.6) is 0 Å². The van der Waals surface area contributed by atoms with Crippen molar-refractivity contribution in [3.63, 3.8) is 0 Å². The van der Waals surface area contributed by atoms with Crippen molar-refractivity contribution < 1.29 is 14.3 Å². The van der Waals surface area contributed by atoms with Crippen molar-refractivity contribution in [1.29, 1.82) is 0 Å². The van der Waals surface area contributed by atoms with E-state index in [9.17, 15) is 9.59 Å². The van der Waals surface area contributed by atoms with Gasteiger partial charge in [-0.1, -0.05) is 0 Å². The van der Waals surface area contributed by atoms with Crippen molar-refractivity contribution in [3.05, 3.63) is 17.0 Å². The monoisotopic (exact) mass is 228 g/mol. The number of nitrogens with one attached hydrogen (secondary N) is 1. The maximum Gasteiger partial charge on any atom is 0.340 e. The van der Waals surface area contributed by atoms with Gasteiger partial charge < -0.3 is 9.64 Å². The zero-order chi connectivity index (χ0) is 11.4. The minimum atomic E-state index is -0.453. The van der Waals surface area contributed by atoms with E-state index in [4.69, 9.17) is 0 Å². The van der Waals surface area contributed by atoms with Gasteiger partial charge in [0.1, 0.15) is 5.00 Å². The summed E-state index contributed by atoms with van der Waals surface area (Å²) < 4.78 is 4.58. The zero-order valence-electron chi connectivity index (χ0n) is 8.73. The summed E-state index contributed by atoms with van der Waals surface area (Å²) in [6, 6.07) is 1.34. The second-order valence-electron chi connectivity index (χ2n) is 2.98. The van der Waals surface area contributed by atoms with Crippen LogP contribution in [-0.2, 0) is 4.74 Å². The Kier molecular flexibility index (Phi) is 3.68. The number of carbonyl (C=O) groups is 2. The molecule has 0 aliphatic heterocycles. The van der Waals surface area contributed by atoms with Gasteiger partial charge in [0, 0.05) is 14.1 Å². The van der Waals surface area contributed by atoms with Crippen LogP contribution in [-0.4, -0.2) is 38.1 Å². The Balaban J connectivity index is 2.82. The Morgan fingerprint density at radius 1 is 1.47 bits per heavy atom. The topological polar surface area (TPSA) is 58.6 Å². The fourth-order valence-corrected chi connectivity index (χ4v) is 1.65. The van der Waals surface area contributed by atoms with Gasteiger partial charge in [-0.3, -0.25) is 5.32 Å². The number of hydrogen-bond donors (Lipinski definition) is 1. The molecule has 0 saturated carbocycles. The zero-order valence-corrected chi connectivity index (χ0v) is 9.55. The Labute approximate surface area is 91.6 Å². The van der Waals surface area contributed by atoms with E-state index in [0.717, 1.165) is 0 Å². The van der Waals surface area contributed by atoms with Gasteiger partial charge in [-0.2, -0.15) is 0 Å². The Morgan fingerprint density at radius 3 is 2.67 bits per heavy atom.